The summed E-state index contributed by atoms with van der Waals surface area (Å²) >= 11 is 0. The summed E-state index contributed by atoms with van der Waals surface area (Å²) in [7, 11) is 0. The van der Waals surface area contributed by atoms with Crippen molar-refractivity contribution in [1.82, 2.24) is 25.8 Å². The molecule has 3 aliphatic carbocycles. The molecular weight excluding hydrogens is 715 g/mol. The Morgan fingerprint density at radius 2 is 1.46 bits per heavy atom. The highest BCUT2D eigenvalue weighted by Crippen LogP contribution is 2.33. The first-order valence-electron chi connectivity index (χ1n) is 23.3. The van der Waals surface area contributed by atoms with Crippen LogP contribution in [-0.4, -0.2) is 94.5 Å². The zero-order valence-electron chi connectivity index (χ0n) is 39.5. The molecule has 0 aromatic carbocycles. The van der Waals surface area contributed by atoms with Crippen molar-refractivity contribution < 1.29 is 24.9 Å². The zero-order chi connectivity index (χ0) is 44.0. The molecule has 2 aliphatic heterocycles. The van der Waals surface area contributed by atoms with Crippen molar-refractivity contribution in [2.75, 3.05) is 32.7 Å². The van der Waals surface area contributed by atoms with Gasteiger partial charge in [0, 0.05) is 32.5 Å². The largest absolute Gasteiger partial charge is 0.377 e. The Hall–Kier alpha value is -2.00. The number of rotatable bonds is 10. The van der Waals surface area contributed by atoms with E-state index < -0.39 is 30.8 Å². The molecule has 5 rings (SSSR count). The van der Waals surface area contributed by atoms with Crippen LogP contribution in [0.25, 0.3) is 0 Å². The molecular formula is C47H95N5O5. The fourth-order valence-electron chi connectivity index (χ4n) is 6.08. The molecule has 5 aliphatic rings. The number of aliphatic hydroxyl groups excluding tert-OH is 3. The second kappa shape index (κ2) is 40.8. The first-order valence-corrected chi connectivity index (χ1v) is 23.3. The molecule has 2 saturated carbocycles. The van der Waals surface area contributed by atoms with Crippen molar-refractivity contribution in [1.29, 1.82) is 0 Å². The van der Waals surface area contributed by atoms with Crippen molar-refractivity contribution in [3.05, 3.63) is 11.6 Å². The summed E-state index contributed by atoms with van der Waals surface area (Å²) in [4.78, 5) is 27.3. The predicted octanol–water partition coefficient (Wildman–Crippen LogP) is 8.95. The van der Waals surface area contributed by atoms with Gasteiger partial charge in [-0.05, 0) is 56.8 Å². The van der Waals surface area contributed by atoms with Crippen LogP contribution >= 0.6 is 0 Å². The average molecular weight is 810 g/mol. The summed E-state index contributed by atoms with van der Waals surface area (Å²) < 4.78 is 0. The zero-order valence-corrected chi connectivity index (χ0v) is 39.5. The maximum atomic E-state index is 12.1. The molecule has 0 aromatic heterocycles. The van der Waals surface area contributed by atoms with Gasteiger partial charge in [0.15, 0.2) is 6.35 Å². The number of nitrogens with one attached hydrogen (secondary N) is 3. The standard InChI is InChI=1S/C16H31N5O5.C8H10.C7H14.C6H12.C4H10.3C2H6/c1-2-11(19-12(22)10-21-14(24)9-18-16(21)26)15(25)17-8-13(23)20-6-4-3-5-7-20;1-8-6-4-2-3-5-7-8;1-7-5-3-2-4-6-7;1-2-3-6-4-5-6;1-4(2)3;3*1-2/h11,14-18,24-26H,2-10H2,1H3,(H,19,22);6H,4-5,7H2,1H3;7H,2-6H2,1H3;6H,2-5H2,1H3;4H,1-3H3;3*1-2H3. The molecule has 0 spiro atoms. The van der Waals surface area contributed by atoms with E-state index in [0.717, 1.165) is 62.9 Å². The van der Waals surface area contributed by atoms with E-state index in [1.807, 2.05) is 48.5 Å². The summed E-state index contributed by atoms with van der Waals surface area (Å²) in [5, 5.41) is 37.7. The van der Waals surface area contributed by atoms with Gasteiger partial charge in [-0.2, -0.15) is 0 Å². The van der Waals surface area contributed by atoms with E-state index in [1.165, 1.54) is 74.7 Å². The van der Waals surface area contributed by atoms with Gasteiger partial charge in [0.1, 0.15) is 12.5 Å². The van der Waals surface area contributed by atoms with Crippen molar-refractivity contribution in [2.24, 2.45) is 17.8 Å². The fraction of sp³-hybridized carbons (Fsp3) is 0.872. The van der Waals surface area contributed by atoms with Gasteiger partial charge in [-0.25, -0.2) is 4.90 Å². The molecule has 0 radical (unpaired) electrons. The number of hydrogen-bond acceptors (Lipinski definition) is 8. The number of carbonyl (C=O) groups is 2. The molecule has 2 amide bonds. The van der Waals surface area contributed by atoms with Crippen LogP contribution in [0.1, 0.15) is 193 Å². The highest BCUT2D eigenvalue weighted by atomic mass is 16.3. The maximum Gasteiger partial charge on any atom is 0.236 e. The average Bonchev–Trinajstić information content (AvgIpc) is 4.04. The Morgan fingerprint density at radius 3 is 1.89 bits per heavy atom. The third-order valence-electron chi connectivity index (χ3n) is 9.45. The predicted molar refractivity (Wildman–Crippen MR) is 243 cm³/mol. The quantitative estimate of drug-likeness (QED) is 0.0732. The topological polar surface area (TPSA) is 137 Å². The normalized spacial score (nSPS) is 20.9. The Bertz CT molecular complexity index is 1000. The van der Waals surface area contributed by atoms with Gasteiger partial charge in [-0.15, -0.1) is 5.92 Å². The van der Waals surface area contributed by atoms with E-state index in [-0.39, 0.29) is 25.5 Å². The lowest BCUT2D eigenvalue weighted by Gasteiger charge is -2.29. The molecule has 10 heteroatoms. The van der Waals surface area contributed by atoms with Crippen LogP contribution in [0, 0.1) is 29.6 Å². The smallest absolute Gasteiger partial charge is 0.236 e. The number of allylic oxidation sites excluding steroid dienone is 2. The van der Waals surface area contributed by atoms with Gasteiger partial charge in [-0.3, -0.25) is 20.2 Å². The second-order valence-corrected chi connectivity index (χ2v) is 15.6. The van der Waals surface area contributed by atoms with Crippen LogP contribution in [0.5, 0.6) is 0 Å². The SMILES string of the molecule is CC.CC.CC.CC(C)C.CC1=CCC#CCC1.CC1CCCCC1.CCC(NC(=O)CN1C(O)CNC1O)C(O)NCC(=O)N1CCCCC1.CCCC1CC1. The Labute approximate surface area is 353 Å². The number of likely N-dealkylation sites (tertiary alicyclic amines) is 1. The Morgan fingerprint density at radius 1 is 0.895 bits per heavy atom. The van der Waals surface area contributed by atoms with Gasteiger partial charge in [0.05, 0.1) is 19.1 Å². The number of amides is 2. The number of β-amino-alcohol motifs (C(OH)–C–C–N with tert-alkyl or cyclic N) is 1. The third kappa shape index (κ3) is 34.6. The fourth-order valence-corrected chi connectivity index (χ4v) is 6.08. The summed E-state index contributed by atoms with van der Waals surface area (Å²) in [5.41, 5.74) is 1.47. The second-order valence-electron chi connectivity index (χ2n) is 15.6. The minimum atomic E-state index is -1.08. The molecule has 6 N–H and O–H groups in total. The molecule has 4 unspecified atom stereocenters. The number of aliphatic hydroxyl groups is 3. The van der Waals surface area contributed by atoms with E-state index in [2.05, 4.69) is 75.4 Å². The summed E-state index contributed by atoms with van der Waals surface area (Å²) in [5.74, 6) is 8.66. The van der Waals surface area contributed by atoms with E-state index in [0.29, 0.717) is 6.42 Å². The van der Waals surface area contributed by atoms with E-state index in [1.54, 1.807) is 4.90 Å². The molecule has 2 saturated heterocycles. The van der Waals surface area contributed by atoms with Crippen molar-refractivity contribution >= 4 is 11.8 Å². The maximum absolute atomic E-state index is 12.1. The number of piperidine rings is 1. The Kier molecular flexibility index (Phi) is 42.4. The molecule has 0 bridgehead atoms. The van der Waals surface area contributed by atoms with Crippen LogP contribution in [0.3, 0.4) is 0 Å². The van der Waals surface area contributed by atoms with Crippen LogP contribution in [-0.2, 0) is 9.59 Å². The van der Waals surface area contributed by atoms with Crippen LogP contribution in [0.2, 0.25) is 0 Å². The van der Waals surface area contributed by atoms with E-state index in [4.69, 9.17) is 0 Å². The van der Waals surface area contributed by atoms with Gasteiger partial charge >= 0.3 is 0 Å². The summed E-state index contributed by atoms with van der Waals surface area (Å²) in [6.45, 7) is 28.6. The number of carbonyl (C=O) groups excluding carboxylic acids is 2. The number of hydrogen-bond donors (Lipinski definition) is 6. The molecule has 4 atom stereocenters. The van der Waals surface area contributed by atoms with Gasteiger partial charge < -0.3 is 25.5 Å². The van der Waals surface area contributed by atoms with Gasteiger partial charge in [0.25, 0.3) is 0 Å². The Balaban J connectivity index is -0.000000758. The minimum absolute atomic E-state index is 0.0149. The van der Waals surface area contributed by atoms with Gasteiger partial charge in [-0.1, -0.05) is 158 Å². The minimum Gasteiger partial charge on any atom is -0.377 e. The lowest BCUT2D eigenvalue weighted by Crippen LogP contribution is -2.54. The monoisotopic (exact) mass is 810 g/mol. The van der Waals surface area contributed by atoms with Crippen LogP contribution in [0.4, 0.5) is 0 Å². The highest BCUT2D eigenvalue weighted by Gasteiger charge is 2.32. The number of nitrogens with zero attached hydrogens (tertiary/aromatic N) is 2. The van der Waals surface area contributed by atoms with E-state index in [9.17, 15) is 24.9 Å². The summed E-state index contributed by atoms with van der Waals surface area (Å²) in [6.07, 6.45) is 19.3. The third-order valence-corrected chi connectivity index (χ3v) is 9.45. The molecule has 57 heavy (non-hydrogen) atoms. The van der Waals surface area contributed by atoms with E-state index >= 15 is 0 Å². The van der Waals surface area contributed by atoms with Crippen LogP contribution in [0.15, 0.2) is 11.6 Å². The molecule has 10 nitrogen and oxygen atoms in total. The highest BCUT2D eigenvalue weighted by molar-refractivity contribution is 5.79. The molecule has 0 aromatic rings. The van der Waals surface area contributed by atoms with Crippen molar-refractivity contribution in [2.45, 2.75) is 218 Å². The van der Waals surface area contributed by atoms with Gasteiger partial charge in [0.2, 0.25) is 11.8 Å². The molecule has 4 fully saturated rings. The summed E-state index contributed by atoms with van der Waals surface area (Å²) in [6, 6.07) is -0.582. The van der Waals surface area contributed by atoms with Crippen LogP contribution < -0.4 is 16.0 Å². The first-order chi connectivity index (χ1) is 27.4. The van der Waals surface area contributed by atoms with Crippen molar-refractivity contribution in [3.8, 4) is 11.8 Å². The molecule has 2 heterocycles. The first kappa shape index (κ1) is 59.3. The van der Waals surface area contributed by atoms with Crippen molar-refractivity contribution in [3.63, 3.8) is 0 Å². The lowest BCUT2D eigenvalue weighted by molar-refractivity contribution is -0.132. The lowest BCUT2D eigenvalue weighted by atomic mass is 9.91. The molecule has 338 valence electrons.